The van der Waals surface area contributed by atoms with Crippen LogP contribution in [0, 0.1) is 13.8 Å². The second kappa shape index (κ2) is 43.5. The highest BCUT2D eigenvalue weighted by Crippen LogP contribution is 2.28. The predicted octanol–water partition coefficient (Wildman–Crippen LogP) is -1.14. The smallest absolute Gasteiger partial charge is 0.353 e. The molecule has 11 N–H and O–H groups in total. The van der Waals surface area contributed by atoms with Gasteiger partial charge in [-0.1, -0.05) is 6.07 Å². The number of rotatable bonds is 44. The lowest BCUT2D eigenvalue weighted by Gasteiger charge is -2.33. The van der Waals surface area contributed by atoms with Crippen LogP contribution >= 0.6 is 0 Å². The molecular formula is C64H94N14O21S. The number of aromatic amines is 1. The van der Waals surface area contributed by atoms with Gasteiger partial charge in [0.15, 0.2) is 11.7 Å². The number of carboxylic acids is 4. The molecule has 2 aromatic carbocycles. The van der Waals surface area contributed by atoms with Crippen LogP contribution in [0.25, 0.3) is 10.9 Å². The lowest BCUT2D eigenvalue weighted by atomic mass is 10.1. The number of ether oxygens (including phenoxy) is 5. The summed E-state index contributed by atoms with van der Waals surface area (Å²) in [6.45, 7) is 5.78. The molecule has 0 aliphatic carbocycles. The van der Waals surface area contributed by atoms with E-state index in [0.717, 1.165) is 5.56 Å². The maximum atomic E-state index is 13.6. The van der Waals surface area contributed by atoms with Gasteiger partial charge in [0.1, 0.15) is 17.4 Å². The number of H-pyrrole nitrogens is 1. The molecule has 100 heavy (non-hydrogen) atoms. The molecule has 4 aromatic rings. The first kappa shape index (κ1) is 81.7. The average molecular weight is 1430 g/mol. The Morgan fingerprint density at radius 2 is 1.19 bits per heavy atom. The van der Waals surface area contributed by atoms with Crippen LogP contribution in [-0.4, -0.2) is 293 Å². The molecule has 2 aromatic heterocycles. The van der Waals surface area contributed by atoms with E-state index in [-0.39, 0.29) is 189 Å². The van der Waals surface area contributed by atoms with Gasteiger partial charge < -0.3 is 85.6 Å². The lowest BCUT2D eigenvalue weighted by molar-refractivity contribution is -0.140. The molecule has 0 unspecified atom stereocenters. The third kappa shape index (κ3) is 30.2. The number of benzene rings is 2. The van der Waals surface area contributed by atoms with Gasteiger partial charge in [0.25, 0.3) is 15.9 Å². The van der Waals surface area contributed by atoms with Gasteiger partial charge in [-0.25, -0.2) is 9.78 Å². The molecule has 0 spiro atoms. The van der Waals surface area contributed by atoms with E-state index in [1.807, 2.05) is 0 Å². The molecular weight excluding hydrogens is 1330 g/mol. The van der Waals surface area contributed by atoms with E-state index in [2.05, 4.69) is 46.3 Å². The number of hydrogen-bond donors (Lipinski definition) is 11. The van der Waals surface area contributed by atoms with Crippen LogP contribution in [-0.2, 0) is 80.9 Å². The standard InChI is InChI=1S/C64H94N14O21S/c1-44-34-47(35-45(2)60(44)100(93,94)73-51(63(91)92)38-70-61(89)49-39-74(3)52-36-46(9-10-48(52)59(49)88)37-71-64-68-15-16-69-64)99-28-5-8-53(79)65-13-6-26-96-30-32-98-33-31-97-27-7-14-67-62(90)50(11-12-54(80)66-17-29-95-4)72-55(81)40-75-18-20-76(41-56(82)83)22-24-78(43-58(86)87)25-23-77(21-19-75)42-57(84)85/h9-10,15-16,34-36,39,50H,5-8,11-14,17-33,37-38,40-43H2,1-4H3,(H,65,79)(H,66,80)(H,67,90)(H,70,89)(H,72,81)(H,82,83)(H,84,85)(H,86,87)(H,91,92)(H2,68,69,71)/b73-51+/t50-/m1/s1. The first-order valence-corrected chi connectivity index (χ1v) is 34.1. The van der Waals surface area contributed by atoms with E-state index < -0.39 is 75.3 Å². The molecule has 5 amide bonds. The molecule has 1 fully saturated rings. The molecule has 5 rings (SSSR count). The summed E-state index contributed by atoms with van der Waals surface area (Å²) in [5, 5.41) is 55.3. The summed E-state index contributed by atoms with van der Waals surface area (Å²) in [7, 11) is -1.52. The number of carboxylic acid groups (broad SMARTS) is 4. The molecule has 0 bridgehead atoms. The van der Waals surface area contributed by atoms with E-state index in [1.54, 1.807) is 61.8 Å². The van der Waals surface area contributed by atoms with Gasteiger partial charge in [-0.15, -0.1) is 0 Å². The third-order valence-electron chi connectivity index (χ3n) is 15.5. The molecule has 1 aliphatic rings. The number of hydrogen-bond acceptors (Lipinski definition) is 23. The fourth-order valence-electron chi connectivity index (χ4n) is 10.5. The number of carbonyl (C=O) groups excluding carboxylic acids is 5. The van der Waals surface area contributed by atoms with Crippen LogP contribution in [0.4, 0.5) is 5.95 Å². The summed E-state index contributed by atoms with van der Waals surface area (Å²) in [5.41, 5.74) is -0.0234. The summed E-state index contributed by atoms with van der Waals surface area (Å²) in [6, 6.07) is 6.86. The van der Waals surface area contributed by atoms with Gasteiger partial charge in [0.05, 0.1) is 82.8 Å². The average Bonchev–Trinajstić information content (AvgIpc) is 0.790. The van der Waals surface area contributed by atoms with Gasteiger partial charge in [-0.05, 0) is 80.5 Å². The van der Waals surface area contributed by atoms with Gasteiger partial charge in [0, 0.05) is 143 Å². The number of nitrogens with one attached hydrogen (secondary N) is 7. The quantitative estimate of drug-likeness (QED) is 0.0184. The van der Waals surface area contributed by atoms with E-state index >= 15 is 0 Å². The van der Waals surface area contributed by atoms with E-state index in [4.69, 9.17) is 23.7 Å². The zero-order valence-corrected chi connectivity index (χ0v) is 57.7. The normalized spacial score (nSPS) is 14.3. The number of aliphatic carboxylic acids is 4. The molecule has 0 radical (unpaired) electrons. The van der Waals surface area contributed by atoms with Crippen LogP contribution in [0.5, 0.6) is 5.75 Å². The maximum Gasteiger partial charge on any atom is 0.353 e. The number of fused-ring (bicyclic) bond motifs is 1. The van der Waals surface area contributed by atoms with Crippen molar-refractivity contribution in [2.45, 2.75) is 69.9 Å². The molecule has 1 saturated heterocycles. The van der Waals surface area contributed by atoms with Crippen molar-refractivity contribution in [3.63, 3.8) is 0 Å². The summed E-state index contributed by atoms with van der Waals surface area (Å²) in [6.07, 6.45) is 5.86. The highest BCUT2D eigenvalue weighted by atomic mass is 32.2. The maximum absolute atomic E-state index is 13.6. The number of amides is 5. The molecule has 36 heteroatoms. The van der Waals surface area contributed by atoms with Crippen molar-refractivity contribution < 1.29 is 95.7 Å². The minimum Gasteiger partial charge on any atom is -0.494 e. The Hall–Kier alpha value is -9.01. The second-order valence-electron chi connectivity index (χ2n) is 23.4. The van der Waals surface area contributed by atoms with Gasteiger partial charge in [0.2, 0.25) is 29.1 Å². The Morgan fingerprint density at radius 3 is 1.73 bits per heavy atom. The predicted molar refractivity (Wildman–Crippen MR) is 363 cm³/mol. The number of aryl methyl sites for hydroxylation is 3. The molecule has 1 aliphatic heterocycles. The van der Waals surface area contributed by atoms with E-state index in [0.29, 0.717) is 62.8 Å². The summed E-state index contributed by atoms with van der Waals surface area (Å²) < 4.78 is 60.0. The van der Waals surface area contributed by atoms with Crippen molar-refractivity contribution in [3.8, 4) is 5.75 Å². The van der Waals surface area contributed by atoms with Gasteiger partial charge in [-0.2, -0.15) is 12.8 Å². The Labute approximate surface area is 578 Å². The number of imidazole rings is 1. The zero-order valence-electron chi connectivity index (χ0n) is 56.9. The van der Waals surface area contributed by atoms with E-state index in [1.165, 1.54) is 39.3 Å². The molecule has 0 saturated carbocycles. The minimum absolute atomic E-state index is 0.0375. The minimum atomic E-state index is -4.64. The zero-order chi connectivity index (χ0) is 73.0. The van der Waals surface area contributed by atoms with Crippen molar-refractivity contribution in [1.82, 2.24) is 60.7 Å². The number of carbonyl (C=O) groups is 9. The molecule has 35 nitrogen and oxygen atoms in total. The number of anilines is 1. The topological polar surface area (TPSA) is 463 Å². The third-order valence-corrected chi connectivity index (χ3v) is 17.1. The van der Waals surface area contributed by atoms with Gasteiger partial charge >= 0.3 is 23.9 Å². The van der Waals surface area contributed by atoms with Crippen molar-refractivity contribution in [2.75, 3.05) is 170 Å². The van der Waals surface area contributed by atoms with E-state index in [9.17, 15) is 76.8 Å². The van der Waals surface area contributed by atoms with Crippen molar-refractivity contribution >= 4 is 86.0 Å². The summed E-state index contributed by atoms with van der Waals surface area (Å²) >= 11 is 0. The number of nitrogens with zero attached hydrogens (tertiary/aromatic N) is 7. The van der Waals surface area contributed by atoms with Crippen LogP contribution in [0.1, 0.15) is 65.6 Å². The Morgan fingerprint density at radius 1 is 0.650 bits per heavy atom. The Bertz CT molecular complexity index is 3520. The summed E-state index contributed by atoms with van der Waals surface area (Å²) in [5.74, 6) is -6.70. The van der Waals surface area contributed by atoms with Crippen LogP contribution in [0.15, 0.2) is 63.0 Å². The SMILES string of the molecule is COCCNC(=O)CC[C@@H](NC(=O)CN1CCN(CC(=O)O)CCN(CC(=O)O)CCN(CC(=O)O)CC1)C(=O)NCCCOCCOCCOCCCNC(=O)CCCOc1cc(C)c(S(=O)(=O)/N=C(\CNC(=O)c2cn(C)c3cc(CNc4ncc[nH]4)ccc3c2=O)C(=O)O)c(C)c1. The molecule has 552 valence electrons. The number of pyridine rings is 1. The Kier molecular flexibility index (Phi) is 35.5. The highest BCUT2D eigenvalue weighted by molar-refractivity contribution is 7.90. The first-order chi connectivity index (χ1) is 47.8. The van der Waals surface area contributed by atoms with Crippen LogP contribution in [0.2, 0.25) is 0 Å². The summed E-state index contributed by atoms with van der Waals surface area (Å²) in [4.78, 5) is 140. The Balaban J connectivity index is 0.945. The van der Waals surface area contributed by atoms with Crippen LogP contribution in [0.3, 0.4) is 0 Å². The number of aromatic nitrogens is 3. The fourth-order valence-corrected chi connectivity index (χ4v) is 11.9. The van der Waals surface area contributed by atoms with Crippen LogP contribution < -0.4 is 42.1 Å². The van der Waals surface area contributed by atoms with Gasteiger partial charge in [-0.3, -0.25) is 62.8 Å². The fraction of sp³-hybridized carbons (Fsp3) is 0.562. The first-order valence-electron chi connectivity index (χ1n) is 32.6. The van der Waals surface area contributed by atoms with Crippen molar-refractivity contribution in [2.24, 2.45) is 11.4 Å². The monoisotopic (exact) mass is 1430 g/mol. The number of sulfonamides is 1. The van der Waals surface area contributed by atoms with Crippen molar-refractivity contribution in [1.29, 1.82) is 0 Å². The highest BCUT2D eigenvalue weighted by Gasteiger charge is 2.28. The van der Waals surface area contributed by atoms with Crippen molar-refractivity contribution in [3.05, 3.63) is 81.4 Å². The number of methoxy groups -OCH3 is 1. The molecule has 1 atom stereocenters. The lowest BCUT2D eigenvalue weighted by Crippen LogP contribution is -2.52. The largest absolute Gasteiger partial charge is 0.494 e. The second-order valence-corrected chi connectivity index (χ2v) is 25.0. The molecule has 3 heterocycles.